The summed E-state index contributed by atoms with van der Waals surface area (Å²) in [6.45, 7) is 2.19. The molecule has 0 radical (unpaired) electrons. The van der Waals surface area contributed by atoms with Crippen molar-refractivity contribution in [2.45, 2.75) is 45.3 Å². The number of ether oxygens (including phenoxy) is 1. The van der Waals surface area contributed by atoms with Gasteiger partial charge >= 0.3 is 12.1 Å². The van der Waals surface area contributed by atoms with E-state index in [4.69, 9.17) is 4.74 Å². The second-order valence-electron chi connectivity index (χ2n) is 5.95. The molecule has 0 heterocycles. The molecule has 2 N–H and O–H groups in total. The first-order chi connectivity index (χ1) is 10.6. The lowest BCUT2D eigenvalue weighted by Gasteiger charge is -2.33. The van der Waals surface area contributed by atoms with Crippen molar-refractivity contribution in [3.63, 3.8) is 0 Å². The van der Waals surface area contributed by atoms with Gasteiger partial charge in [0.15, 0.2) is 0 Å². The molecule has 0 spiro atoms. The molecule has 1 aromatic carbocycles. The Morgan fingerprint density at radius 1 is 1.27 bits per heavy atom. The molecule has 3 atom stereocenters. The number of carbonyl (C=O) groups is 2. The number of benzene rings is 1. The summed E-state index contributed by atoms with van der Waals surface area (Å²) in [5, 5.41) is 11.9. The monoisotopic (exact) mass is 305 g/mol. The zero-order chi connectivity index (χ0) is 15.9. The maximum atomic E-state index is 11.9. The number of hydrogen-bond acceptors (Lipinski definition) is 3. The van der Waals surface area contributed by atoms with Crippen molar-refractivity contribution in [2.24, 2.45) is 11.8 Å². The third kappa shape index (κ3) is 4.48. The summed E-state index contributed by atoms with van der Waals surface area (Å²) in [6.07, 6.45) is 3.31. The average molecular weight is 305 g/mol. The molecule has 3 unspecified atom stereocenters. The van der Waals surface area contributed by atoms with E-state index >= 15 is 0 Å². The molecule has 0 saturated heterocycles. The second kappa shape index (κ2) is 7.82. The number of rotatable bonds is 5. The fourth-order valence-corrected chi connectivity index (χ4v) is 3.08. The Balaban J connectivity index is 1.90. The van der Waals surface area contributed by atoms with E-state index in [1.807, 2.05) is 30.3 Å². The first-order valence-corrected chi connectivity index (χ1v) is 7.78. The van der Waals surface area contributed by atoms with Crippen molar-refractivity contribution in [3.05, 3.63) is 35.9 Å². The van der Waals surface area contributed by atoms with E-state index in [1.165, 1.54) is 0 Å². The van der Waals surface area contributed by atoms with Gasteiger partial charge in [0.2, 0.25) is 0 Å². The zero-order valence-electron chi connectivity index (χ0n) is 12.8. The zero-order valence-corrected chi connectivity index (χ0v) is 12.8. The third-order valence-electron chi connectivity index (χ3n) is 4.36. The van der Waals surface area contributed by atoms with Crippen LogP contribution in [0, 0.1) is 11.8 Å². The van der Waals surface area contributed by atoms with Crippen LogP contribution >= 0.6 is 0 Å². The molecule has 0 aliphatic heterocycles. The van der Waals surface area contributed by atoms with Crippen LogP contribution in [0.25, 0.3) is 0 Å². The van der Waals surface area contributed by atoms with Crippen LogP contribution in [-0.2, 0) is 16.1 Å². The van der Waals surface area contributed by atoms with Gasteiger partial charge in [-0.2, -0.15) is 0 Å². The molecule has 0 bridgehead atoms. The van der Waals surface area contributed by atoms with Gasteiger partial charge in [-0.3, -0.25) is 0 Å². The van der Waals surface area contributed by atoms with Crippen LogP contribution in [0.1, 0.15) is 38.2 Å². The molecule has 1 aliphatic carbocycles. The Morgan fingerprint density at radius 3 is 2.59 bits per heavy atom. The van der Waals surface area contributed by atoms with Gasteiger partial charge in [-0.15, -0.1) is 0 Å². The van der Waals surface area contributed by atoms with Crippen LogP contribution in [0.2, 0.25) is 0 Å². The van der Waals surface area contributed by atoms with Gasteiger partial charge in [-0.1, -0.05) is 56.5 Å². The molecular weight excluding hydrogens is 282 g/mol. The summed E-state index contributed by atoms with van der Waals surface area (Å²) in [6, 6.07) is 8.43. The summed E-state index contributed by atoms with van der Waals surface area (Å²) in [5.74, 6) is -0.727. The highest BCUT2D eigenvalue weighted by Crippen LogP contribution is 2.32. The SMILES string of the molecule is CC1CCCCC1C(NC(=O)OCc1ccccc1)C(=O)O. The maximum absolute atomic E-state index is 11.9. The van der Waals surface area contributed by atoms with E-state index < -0.39 is 18.1 Å². The highest BCUT2D eigenvalue weighted by Gasteiger charge is 2.35. The minimum absolute atomic E-state index is 0.0319. The van der Waals surface area contributed by atoms with Crippen molar-refractivity contribution < 1.29 is 19.4 Å². The molecule has 1 aliphatic rings. The van der Waals surface area contributed by atoms with Crippen LogP contribution in [0.3, 0.4) is 0 Å². The molecule has 5 heteroatoms. The number of hydrogen-bond donors (Lipinski definition) is 2. The average Bonchev–Trinajstić information content (AvgIpc) is 2.52. The number of carboxylic acid groups (broad SMARTS) is 1. The van der Waals surface area contributed by atoms with E-state index in [2.05, 4.69) is 12.2 Å². The van der Waals surface area contributed by atoms with Crippen LogP contribution in [-0.4, -0.2) is 23.2 Å². The lowest BCUT2D eigenvalue weighted by Crippen LogP contribution is -2.48. The highest BCUT2D eigenvalue weighted by atomic mass is 16.5. The number of alkyl carbamates (subject to hydrolysis) is 1. The molecule has 1 saturated carbocycles. The molecule has 5 nitrogen and oxygen atoms in total. The van der Waals surface area contributed by atoms with E-state index in [-0.39, 0.29) is 12.5 Å². The topological polar surface area (TPSA) is 75.6 Å². The maximum Gasteiger partial charge on any atom is 0.408 e. The molecule has 2 rings (SSSR count). The molecule has 1 aromatic rings. The number of carbonyl (C=O) groups excluding carboxylic acids is 1. The minimum Gasteiger partial charge on any atom is -0.480 e. The summed E-state index contributed by atoms with van der Waals surface area (Å²) in [7, 11) is 0. The molecule has 1 amide bonds. The van der Waals surface area contributed by atoms with Crippen LogP contribution in [0.4, 0.5) is 4.79 Å². The van der Waals surface area contributed by atoms with Crippen molar-refractivity contribution in [1.29, 1.82) is 0 Å². The Labute approximate surface area is 130 Å². The molecule has 0 aromatic heterocycles. The van der Waals surface area contributed by atoms with E-state index in [9.17, 15) is 14.7 Å². The summed E-state index contributed by atoms with van der Waals surface area (Å²) in [5.41, 5.74) is 0.871. The Hall–Kier alpha value is -2.04. The van der Waals surface area contributed by atoms with E-state index in [0.717, 1.165) is 31.2 Å². The van der Waals surface area contributed by atoms with Crippen molar-refractivity contribution >= 4 is 12.1 Å². The van der Waals surface area contributed by atoms with Gasteiger partial charge in [0, 0.05) is 0 Å². The predicted molar refractivity (Wildman–Crippen MR) is 82.3 cm³/mol. The second-order valence-corrected chi connectivity index (χ2v) is 5.95. The normalized spacial score (nSPS) is 22.6. The standard InChI is InChI=1S/C17H23NO4/c1-12-7-5-6-10-14(12)15(16(19)20)18-17(21)22-11-13-8-3-2-4-9-13/h2-4,8-9,12,14-15H,5-7,10-11H2,1H3,(H,18,21)(H,19,20). The van der Waals surface area contributed by atoms with Gasteiger partial charge in [0.1, 0.15) is 12.6 Å². The van der Waals surface area contributed by atoms with Crippen molar-refractivity contribution in [3.8, 4) is 0 Å². The summed E-state index contributed by atoms with van der Waals surface area (Å²) < 4.78 is 5.12. The van der Waals surface area contributed by atoms with Crippen molar-refractivity contribution in [2.75, 3.05) is 0 Å². The number of aliphatic carboxylic acids is 1. The highest BCUT2D eigenvalue weighted by molar-refractivity contribution is 5.80. The lowest BCUT2D eigenvalue weighted by atomic mass is 9.76. The fraction of sp³-hybridized carbons (Fsp3) is 0.529. The Kier molecular flexibility index (Phi) is 5.81. The smallest absolute Gasteiger partial charge is 0.408 e. The predicted octanol–water partition coefficient (Wildman–Crippen LogP) is 3.19. The fourth-order valence-electron chi connectivity index (χ4n) is 3.08. The number of nitrogens with one attached hydrogen (secondary N) is 1. The van der Waals surface area contributed by atoms with Crippen LogP contribution < -0.4 is 5.32 Å². The first-order valence-electron chi connectivity index (χ1n) is 7.78. The van der Waals surface area contributed by atoms with Crippen molar-refractivity contribution in [1.82, 2.24) is 5.32 Å². The number of amides is 1. The van der Waals surface area contributed by atoms with E-state index in [0.29, 0.717) is 5.92 Å². The van der Waals surface area contributed by atoms with Crippen LogP contribution in [0.5, 0.6) is 0 Å². The first kappa shape index (κ1) is 16.3. The third-order valence-corrected chi connectivity index (χ3v) is 4.36. The van der Waals surface area contributed by atoms with Gasteiger partial charge in [-0.25, -0.2) is 9.59 Å². The minimum atomic E-state index is -0.990. The molecule has 1 fully saturated rings. The van der Waals surface area contributed by atoms with Crippen LogP contribution in [0.15, 0.2) is 30.3 Å². The van der Waals surface area contributed by atoms with Gasteiger partial charge in [-0.05, 0) is 23.8 Å². The van der Waals surface area contributed by atoms with Gasteiger partial charge in [0.05, 0.1) is 0 Å². The van der Waals surface area contributed by atoms with E-state index in [1.54, 1.807) is 0 Å². The summed E-state index contributed by atoms with van der Waals surface area (Å²) >= 11 is 0. The number of carboxylic acids is 1. The molecular formula is C17H23NO4. The molecule has 120 valence electrons. The summed E-state index contributed by atoms with van der Waals surface area (Å²) in [4.78, 5) is 23.4. The van der Waals surface area contributed by atoms with Gasteiger partial charge < -0.3 is 15.2 Å². The quantitative estimate of drug-likeness (QED) is 0.876. The Morgan fingerprint density at radius 2 is 1.95 bits per heavy atom. The largest absolute Gasteiger partial charge is 0.480 e. The Bertz CT molecular complexity index is 503. The van der Waals surface area contributed by atoms with Gasteiger partial charge in [0.25, 0.3) is 0 Å². The molecule has 22 heavy (non-hydrogen) atoms. The lowest BCUT2D eigenvalue weighted by molar-refractivity contribution is -0.141.